The molecule has 0 spiro atoms. The summed E-state index contributed by atoms with van der Waals surface area (Å²) in [6.45, 7) is 5.27. The minimum Gasteiger partial charge on any atom is -0.490 e. The summed E-state index contributed by atoms with van der Waals surface area (Å²) in [7, 11) is 0. The first-order valence-electron chi connectivity index (χ1n) is 11.0. The molecule has 1 aliphatic rings. The minimum absolute atomic E-state index is 0.169. The molecule has 0 aliphatic carbocycles. The van der Waals surface area contributed by atoms with Gasteiger partial charge in [0, 0.05) is 13.0 Å². The van der Waals surface area contributed by atoms with Gasteiger partial charge in [-0.05, 0) is 65.5 Å². The number of halogens is 1. The number of thioether (sulfide) groups is 1. The summed E-state index contributed by atoms with van der Waals surface area (Å²) in [6.07, 6.45) is 2.53. The molecule has 0 unspecified atom stereocenters. The van der Waals surface area contributed by atoms with Gasteiger partial charge in [-0.3, -0.25) is 14.5 Å². The van der Waals surface area contributed by atoms with Crippen LogP contribution in [-0.4, -0.2) is 40.9 Å². The van der Waals surface area contributed by atoms with Gasteiger partial charge in [0.05, 0.1) is 22.6 Å². The highest BCUT2D eigenvalue weighted by Gasteiger charge is 2.31. The summed E-state index contributed by atoms with van der Waals surface area (Å²) in [5.74, 6) is 0.752. The van der Waals surface area contributed by atoms with Crippen molar-refractivity contribution in [1.29, 1.82) is 0 Å². The number of hydrogen-bond acceptors (Lipinski definition) is 7. The van der Waals surface area contributed by atoms with Crippen LogP contribution in [0.15, 0.2) is 51.8 Å². The van der Waals surface area contributed by atoms with Crippen LogP contribution in [0.2, 0.25) is 0 Å². The van der Waals surface area contributed by atoms with Crippen molar-refractivity contribution in [2.24, 2.45) is 0 Å². The zero-order chi connectivity index (χ0) is 24.5. The second-order valence-corrected chi connectivity index (χ2v) is 9.81. The standard InChI is InChI=1S/C25H26BrNO5S2/c1-3-30-20-14-18(13-19(26)23(20)32-16-17-9-6-5-7-10-17)15-21-24(29)27(25(33)34-21)12-8-11-22(28)31-4-2/h5-7,9-10,13-15H,3-4,8,11-12,16H2,1-2H3/b21-15-. The Hall–Kier alpha value is -2.36. The molecule has 2 aromatic carbocycles. The number of esters is 1. The Morgan fingerprint density at radius 1 is 1.15 bits per heavy atom. The molecule has 3 rings (SSSR count). The Bertz CT molecular complexity index is 1070. The Kier molecular flexibility index (Phi) is 9.98. The molecule has 9 heteroatoms. The number of thiocarbonyl (C=S) groups is 1. The predicted octanol–water partition coefficient (Wildman–Crippen LogP) is 5.97. The van der Waals surface area contributed by atoms with Crippen molar-refractivity contribution in [3.63, 3.8) is 0 Å². The van der Waals surface area contributed by atoms with Crippen molar-refractivity contribution in [2.75, 3.05) is 19.8 Å². The van der Waals surface area contributed by atoms with E-state index in [4.69, 9.17) is 26.4 Å². The summed E-state index contributed by atoms with van der Waals surface area (Å²) < 4.78 is 18.0. The lowest BCUT2D eigenvalue weighted by atomic mass is 10.1. The van der Waals surface area contributed by atoms with Gasteiger partial charge in [0.1, 0.15) is 10.9 Å². The quantitative estimate of drug-likeness (QED) is 0.189. The Balaban J connectivity index is 1.73. The van der Waals surface area contributed by atoms with E-state index in [2.05, 4.69) is 15.9 Å². The van der Waals surface area contributed by atoms with E-state index in [1.807, 2.05) is 49.4 Å². The molecule has 0 saturated carbocycles. The largest absolute Gasteiger partial charge is 0.490 e. The first-order valence-corrected chi connectivity index (χ1v) is 13.0. The fraction of sp³-hybridized carbons (Fsp3) is 0.320. The highest BCUT2D eigenvalue weighted by atomic mass is 79.9. The van der Waals surface area contributed by atoms with E-state index in [0.717, 1.165) is 15.6 Å². The van der Waals surface area contributed by atoms with Crippen LogP contribution in [0.1, 0.15) is 37.8 Å². The molecule has 1 heterocycles. The lowest BCUT2D eigenvalue weighted by molar-refractivity contribution is -0.143. The second-order valence-electron chi connectivity index (χ2n) is 7.28. The number of benzene rings is 2. The Morgan fingerprint density at radius 2 is 1.91 bits per heavy atom. The van der Waals surface area contributed by atoms with Gasteiger partial charge in [0.25, 0.3) is 5.91 Å². The number of ether oxygens (including phenoxy) is 3. The summed E-state index contributed by atoms with van der Waals surface area (Å²) in [5.41, 5.74) is 1.84. The topological polar surface area (TPSA) is 65.1 Å². The van der Waals surface area contributed by atoms with Crippen LogP contribution in [0.4, 0.5) is 0 Å². The molecule has 0 N–H and O–H groups in total. The molecule has 1 fully saturated rings. The predicted molar refractivity (Wildman–Crippen MR) is 142 cm³/mol. The van der Waals surface area contributed by atoms with Gasteiger partial charge in [-0.15, -0.1) is 0 Å². The summed E-state index contributed by atoms with van der Waals surface area (Å²) in [5, 5.41) is 0. The van der Waals surface area contributed by atoms with Crippen molar-refractivity contribution < 1.29 is 23.8 Å². The van der Waals surface area contributed by atoms with E-state index in [1.165, 1.54) is 16.7 Å². The molecular formula is C25H26BrNO5S2. The summed E-state index contributed by atoms with van der Waals surface area (Å²) in [4.78, 5) is 26.5. The highest BCUT2D eigenvalue weighted by molar-refractivity contribution is 9.10. The number of rotatable bonds is 11. The van der Waals surface area contributed by atoms with E-state index < -0.39 is 0 Å². The van der Waals surface area contributed by atoms with Gasteiger partial charge < -0.3 is 14.2 Å². The maximum Gasteiger partial charge on any atom is 0.305 e. The smallest absolute Gasteiger partial charge is 0.305 e. The zero-order valence-corrected chi connectivity index (χ0v) is 22.3. The number of hydrogen-bond donors (Lipinski definition) is 0. The molecule has 6 nitrogen and oxygen atoms in total. The van der Waals surface area contributed by atoms with Crippen LogP contribution in [0, 0.1) is 0 Å². The van der Waals surface area contributed by atoms with E-state index in [0.29, 0.717) is 53.5 Å². The van der Waals surface area contributed by atoms with E-state index >= 15 is 0 Å². The Labute approximate surface area is 217 Å². The highest BCUT2D eigenvalue weighted by Crippen LogP contribution is 2.39. The first-order chi connectivity index (χ1) is 16.4. The van der Waals surface area contributed by atoms with Gasteiger partial charge in [0.15, 0.2) is 11.5 Å². The summed E-state index contributed by atoms with van der Waals surface area (Å²) in [6, 6.07) is 13.6. The van der Waals surface area contributed by atoms with Gasteiger partial charge in [0.2, 0.25) is 0 Å². The van der Waals surface area contributed by atoms with Gasteiger partial charge in [-0.1, -0.05) is 54.3 Å². The van der Waals surface area contributed by atoms with E-state index in [-0.39, 0.29) is 18.3 Å². The lowest BCUT2D eigenvalue weighted by Gasteiger charge is -2.15. The zero-order valence-electron chi connectivity index (χ0n) is 19.0. The number of carbonyl (C=O) groups excluding carboxylic acids is 2. The van der Waals surface area contributed by atoms with Crippen molar-refractivity contribution >= 4 is 62.2 Å². The van der Waals surface area contributed by atoms with Gasteiger partial charge in [-0.25, -0.2) is 0 Å². The fourth-order valence-electron chi connectivity index (χ4n) is 3.26. The minimum atomic E-state index is -0.272. The third-order valence-electron chi connectivity index (χ3n) is 4.80. The van der Waals surface area contributed by atoms with Gasteiger partial charge >= 0.3 is 5.97 Å². The molecule has 1 amide bonds. The first kappa shape index (κ1) is 26.2. The number of amides is 1. The molecule has 1 saturated heterocycles. The molecule has 2 aromatic rings. The van der Waals surface area contributed by atoms with Crippen molar-refractivity contribution in [3.05, 3.63) is 63.0 Å². The third kappa shape index (κ3) is 7.07. The Morgan fingerprint density at radius 3 is 2.62 bits per heavy atom. The average molecular weight is 565 g/mol. The monoisotopic (exact) mass is 563 g/mol. The van der Waals surface area contributed by atoms with Crippen LogP contribution in [0.25, 0.3) is 6.08 Å². The molecule has 1 aliphatic heterocycles. The lowest BCUT2D eigenvalue weighted by Crippen LogP contribution is -2.29. The molecule has 180 valence electrons. The summed E-state index contributed by atoms with van der Waals surface area (Å²) >= 11 is 10.2. The molecular weight excluding hydrogens is 538 g/mol. The number of carbonyl (C=O) groups is 2. The van der Waals surface area contributed by atoms with Crippen LogP contribution in [0.5, 0.6) is 11.5 Å². The maximum absolute atomic E-state index is 12.9. The molecule has 0 atom stereocenters. The van der Waals surface area contributed by atoms with Crippen LogP contribution < -0.4 is 9.47 Å². The SMILES string of the molecule is CCOC(=O)CCCN1C(=O)/C(=C/c2cc(Br)c(OCc3ccccc3)c(OCC)c2)SC1=S. The van der Waals surface area contributed by atoms with E-state index in [1.54, 1.807) is 13.0 Å². The molecule has 0 aromatic heterocycles. The molecule has 34 heavy (non-hydrogen) atoms. The van der Waals surface area contributed by atoms with Crippen LogP contribution in [0.3, 0.4) is 0 Å². The number of nitrogens with zero attached hydrogens (tertiary/aromatic N) is 1. The normalized spacial score (nSPS) is 14.6. The van der Waals surface area contributed by atoms with Gasteiger partial charge in [-0.2, -0.15) is 0 Å². The van der Waals surface area contributed by atoms with Crippen molar-refractivity contribution in [2.45, 2.75) is 33.3 Å². The maximum atomic E-state index is 12.9. The fourth-order valence-corrected chi connectivity index (χ4v) is 5.15. The van der Waals surface area contributed by atoms with Crippen molar-refractivity contribution in [3.8, 4) is 11.5 Å². The molecule has 0 bridgehead atoms. The van der Waals surface area contributed by atoms with Crippen LogP contribution >= 0.6 is 39.9 Å². The van der Waals surface area contributed by atoms with Crippen molar-refractivity contribution in [1.82, 2.24) is 4.90 Å². The average Bonchev–Trinajstić information content (AvgIpc) is 3.07. The second kappa shape index (κ2) is 12.9. The van der Waals surface area contributed by atoms with E-state index in [9.17, 15) is 9.59 Å². The van der Waals surface area contributed by atoms with Crippen LogP contribution in [-0.2, 0) is 20.9 Å². The molecule has 0 radical (unpaired) electrons. The third-order valence-corrected chi connectivity index (χ3v) is 6.76.